The van der Waals surface area contributed by atoms with E-state index in [2.05, 4.69) is 10.3 Å². The number of carbonyl (C=O) groups is 1. The topological polar surface area (TPSA) is 77.2 Å². The van der Waals surface area contributed by atoms with Gasteiger partial charge in [-0.25, -0.2) is 4.98 Å². The van der Waals surface area contributed by atoms with E-state index in [0.29, 0.717) is 16.3 Å². The highest BCUT2D eigenvalue weighted by molar-refractivity contribution is 7.21. The summed E-state index contributed by atoms with van der Waals surface area (Å²) in [6, 6.07) is 11.1. The molecule has 1 amide bonds. The molecule has 0 bridgehead atoms. The van der Waals surface area contributed by atoms with Crippen molar-refractivity contribution in [3.8, 4) is 16.3 Å². The van der Waals surface area contributed by atoms with E-state index in [-0.39, 0.29) is 32.6 Å². The number of hydrogen-bond acceptors (Lipinski definition) is 6. The minimum Gasteiger partial charge on any atom is -0.491 e. The summed E-state index contributed by atoms with van der Waals surface area (Å²) in [6.07, 6.45) is -4.65. The van der Waals surface area contributed by atoms with E-state index < -0.39 is 17.6 Å². The van der Waals surface area contributed by atoms with Crippen LogP contribution < -0.4 is 15.8 Å². The number of alkyl halides is 3. The molecular weight excluding hydrogens is 459 g/mol. The van der Waals surface area contributed by atoms with Crippen LogP contribution in [0.15, 0.2) is 47.8 Å². The van der Waals surface area contributed by atoms with E-state index >= 15 is 0 Å². The summed E-state index contributed by atoms with van der Waals surface area (Å²) in [6.45, 7) is 3.79. The standard InChI is InChI=1S/C22H18F3N3O2S2/c1-11(2)30-13-7-5-12(6-8-13)27-20(29)19-18(26)17-14(22(23,24)25)10-15(28-21(17)32-19)16-4-3-9-31-16/h3-11H,26H2,1-2H3,(H,27,29). The fourth-order valence-electron chi connectivity index (χ4n) is 3.14. The van der Waals surface area contributed by atoms with Gasteiger partial charge in [0.1, 0.15) is 15.5 Å². The van der Waals surface area contributed by atoms with Crippen molar-refractivity contribution in [2.45, 2.75) is 26.1 Å². The number of amides is 1. The van der Waals surface area contributed by atoms with Gasteiger partial charge in [-0.1, -0.05) is 6.07 Å². The second-order valence-electron chi connectivity index (χ2n) is 7.20. The highest BCUT2D eigenvalue weighted by Crippen LogP contribution is 2.44. The number of aromatic nitrogens is 1. The minimum atomic E-state index is -4.65. The fraction of sp³-hybridized carbons (Fsp3) is 0.182. The van der Waals surface area contributed by atoms with Crippen molar-refractivity contribution in [1.29, 1.82) is 0 Å². The number of fused-ring (bicyclic) bond motifs is 1. The van der Waals surface area contributed by atoms with Crippen molar-refractivity contribution in [2.24, 2.45) is 0 Å². The first-order valence-electron chi connectivity index (χ1n) is 9.55. The lowest BCUT2D eigenvalue weighted by Gasteiger charge is -2.11. The SMILES string of the molecule is CC(C)Oc1ccc(NC(=O)c2sc3nc(-c4cccs4)cc(C(F)(F)F)c3c2N)cc1. The summed E-state index contributed by atoms with van der Waals surface area (Å²) in [5, 5.41) is 4.17. The number of halogens is 3. The third-order valence-corrected chi connectivity index (χ3v) is 6.46. The number of thiophene rings is 2. The Morgan fingerprint density at radius 1 is 1.19 bits per heavy atom. The number of benzene rings is 1. The number of nitrogens with one attached hydrogen (secondary N) is 1. The number of pyridine rings is 1. The van der Waals surface area contributed by atoms with Gasteiger partial charge in [-0.2, -0.15) is 13.2 Å². The molecule has 0 radical (unpaired) electrons. The van der Waals surface area contributed by atoms with Crippen LogP contribution in [-0.4, -0.2) is 17.0 Å². The van der Waals surface area contributed by atoms with E-state index in [0.717, 1.165) is 17.4 Å². The van der Waals surface area contributed by atoms with Crippen LogP contribution in [0.2, 0.25) is 0 Å². The van der Waals surface area contributed by atoms with Gasteiger partial charge in [-0.05, 0) is 55.6 Å². The van der Waals surface area contributed by atoms with Gasteiger partial charge in [0.05, 0.1) is 27.9 Å². The quantitative estimate of drug-likeness (QED) is 0.337. The molecule has 10 heteroatoms. The van der Waals surface area contributed by atoms with Gasteiger partial charge in [0.2, 0.25) is 0 Å². The lowest BCUT2D eigenvalue weighted by atomic mass is 10.1. The van der Waals surface area contributed by atoms with Crippen LogP contribution in [-0.2, 0) is 6.18 Å². The Hall–Kier alpha value is -3.11. The zero-order valence-corrected chi connectivity index (χ0v) is 18.6. The molecule has 32 heavy (non-hydrogen) atoms. The molecule has 0 aliphatic heterocycles. The molecule has 3 heterocycles. The average Bonchev–Trinajstić information content (AvgIpc) is 3.36. The molecule has 0 aliphatic rings. The molecule has 1 aromatic carbocycles. The molecule has 0 saturated carbocycles. The maximum atomic E-state index is 13.8. The smallest absolute Gasteiger partial charge is 0.417 e. The van der Waals surface area contributed by atoms with Gasteiger partial charge in [-0.15, -0.1) is 22.7 Å². The van der Waals surface area contributed by atoms with Crippen molar-refractivity contribution in [3.63, 3.8) is 0 Å². The lowest BCUT2D eigenvalue weighted by Crippen LogP contribution is -2.12. The predicted molar refractivity (Wildman–Crippen MR) is 123 cm³/mol. The molecule has 3 aromatic heterocycles. The lowest BCUT2D eigenvalue weighted by molar-refractivity contribution is -0.136. The maximum absolute atomic E-state index is 13.8. The molecule has 0 fully saturated rings. The van der Waals surface area contributed by atoms with Crippen molar-refractivity contribution in [3.05, 3.63) is 58.3 Å². The highest BCUT2D eigenvalue weighted by Gasteiger charge is 2.36. The fourth-order valence-corrected chi connectivity index (χ4v) is 4.84. The summed E-state index contributed by atoms with van der Waals surface area (Å²) >= 11 is 2.12. The molecule has 5 nitrogen and oxygen atoms in total. The van der Waals surface area contributed by atoms with E-state index in [9.17, 15) is 18.0 Å². The molecule has 3 N–H and O–H groups in total. The minimum absolute atomic E-state index is 0.00295. The summed E-state index contributed by atoms with van der Waals surface area (Å²) in [5.41, 5.74) is 5.54. The third kappa shape index (κ3) is 4.42. The number of anilines is 2. The Balaban J connectivity index is 1.71. The van der Waals surface area contributed by atoms with Crippen molar-refractivity contribution >= 4 is 50.2 Å². The van der Waals surface area contributed by atoms with Gasteiger partial charge in [-0.3, -0.25) is 4.79 Å². The van der Waals surface area contributed by atoms with E-state index in [1.54, 1.807) is 41.8 Å². The van der Waals surface area contributed by atoms with E-state index in [4.69, 9.17) is 10.5 Å². The van der Waals surface area contributed by atoms with Crippen LogP contribution >= 0.6 is 22.7 Å². The Labute approximate surface area is 189 Å². The molecular formula is C22H18F3N3O2S2. The summed E-state index contributed by atoms with van der Waals surface area (Å²) < 4.78 is 47.0. The van der Waals surface area contributed by atoms with Crippen molar-refractivity contribution < 1.29 is 22.7 Å². The number of nitrogens with zero attached hydrogens (tertiary/aromatic N) is 1. The zero-order valence-electron chi connectivity index (χ0n) is 17.0. The van der Waals surface area contributed by atoms with E-state index in [1.807, 2.05) is 13.8 Å². The normalized spacial score (nSPS) is 11.8. The molecule has 4 aromatic rings. The molecule has 0 spiro atoms. The van der Waals surface area contributed by atoms with Gasteiger partial charge in [0.15, 0.2) is 0 Å². The van der Waals surface area contributed by atoms with Gasteiger partial charge in [0.25, 0.3) is 5.91 Å². The monoisotopic (exact) mass is 477 g/mol. The Morgan fingerprint density at radius 3 is 2.50 bits per heavy atom. The Bertz CT molecular complexity index is 1260. The Morgan fingerprint density at radius 2 is 1.91 bits per heavy atom. The molecule has 0 atom stereocenters. The van der Waals surface area contributed by atoms with Gasteiger partial charge in [0, 0.05) is 11.1 Å². The summed E-state index contributed by atoms with van der Waals surface area (Å²) in [7, 11) is 0. The number of nitrogens with two attached hydrogens (primary N) is 1. The zero-order chi connectivity index (χ0) is 23.0. The second kappa shape index (κ2) is 8.44. The van der Waals surface area contributed by atoms with Gasteiger partial charge < -0.3 is 15.8 Å². The first kappa shape index (κ1) is 22.1. The number of carbonyl (C=O) groups excluding carboxylic acids is 1. The maximum Gasteiger partial charge on any atom is 0.417 e. The molecule has 0 aliphatic carbocycles. The molecule has 0 saturated heterocycles. The molecule has 4 rings (SSSR count). The van der Waals surface area contributed by atoms with Crippen LogP contribution in [0.1, 0.15) is 29.1 Å². The predicted octanol–water partition coefficient (Wildman–Crippen LogP) is 6.67. The summed E-state index contributed by atoms with van der Waals surface area (Å²) in [5.74, 6) is 0.0355. The van der Waals surface area contributed by atoms with Gasteiger partial charge >= 0.3 is 6.18 Å². The highest BCUT2D eigenvalue weighted by atomic mass is 32.1. The van der Waals surface area contributed by atoms with Crippen LogP contribution in [0.5, 0.6) is 5.75 Å². The average molecular weight is 478 g/mol. The largest absolute Gasteiger partial charge is 0.491 e. The first-order valence-corrected chi connectivity index (χ1v) is 11.2. The second-order valence-corrected chi connectivity index (χ2v) is 9.15. The number of hydrogen-bond donors (Lipinski definition) is 2. The van der Waals surface area contributed by atoms with Crippen LogP contribution in [0.25, 0.3) is 20.8 Å². The number of ether oxygens (including phenoxy) is 1. The molecule has 166 valence electrons. The molecule has 0 unspecified atom stereocenters. The number of nitrogen functional groups attached to an aromatic ring is 1. The number of rotatable bonds is 5. The third-order valence-electron chi connectivity index (χ3n) is 4.47. The van der Waals surface area contributed by atoms with E-state index in [1.165, 1.54) is 11.3 Å². The van der Waals surface area contributed by atoms with Crippen molar-refractivity contribution in [1.82, 2.24) is 4.98 Å². The summed E-state index contributed by atoms with van der Waals surface area (Å²) in [4.78, 5) is 17.8. The van der Waals surface area contributed by atoms with Crippen LogP contribution in [0.4, 0.5) is 24.5 Å². The first-order chi connectivity index (χ1) is 15.1. The Kier molecular flexibility index (Phi) is 5.83. The van der Waals surface area contributed by atoms with Crippen LogP contribution in [0, 0.1) is 0 Å². The van der Waals surface area contributed by atoms with Crippen LogP contribution in [0.3, 0.4) is 0 Å². The van der Waals surface area contributed by atoms with Crippen molar-refractivity contribution in [2.75, 3.05) is 11.1 Å².